The summed E-state index contributed by atoms with van der Waals surface area (Å²) in [6.45, 7) is 7.05. The first-order valence-electron chi connectivity index (χ1n) is 7.81. The van der Waals surface area contributed by atoms with Crippen molar-refractivity contribution in [1.29, 1.82) is 0 Å². The van der Waals surface area contributed by atoms with E-state index < -0.39 is 11.9 Å². The topological polar surface area (TPSA) is 54.0 Å². The minimum atomic E-state index is -1.49. The van der Waals surface area contributed by atoms with Crippen LogP contribution in [0.5, 0.6) is 0 Å². The van der Waals surface area contributed by atoms with Crippen molar-refractivity contribution in [2.45, 2.75) is 39.6 Å². The summed E-state index contributed by atoms with van der Waals surface area (Å²) in [5, 5.41) is 0. The van der Waals surface area contributed by atoms with Gasteiger partial charge in [0, 0.05) is 6.61 Å². The standard InChI is InChI=1S/C17H26O5/c1-4-7-13-21-17(20-6-3,14-19-5-2)22-16(18)15-11-9-8-10-12-15/h8-12H,4-7,13-14H2,1-3H3. The lowest BCUT2D eigenvalue weighted by Crippen LogP contribution is -2.46. The molecule has 0 aromatic heterocycles. The fourth-order valence-corrected chi connectivity index (χ4v) is 1.81. The van der Waals surface area contributed by atoms with E-state index in [9.17, 15) is 4.79 Å². The molecule has 1 atom stereocenters. The highest BCUT2D eigenvalue weighted by Crippen LogP contribution is 2.20. The molecule has 1 aromatic carbocycles. The van der Waals surface area contributed by atoms with Crippen LogP contribution in [0.4, 0.5) is 0 Å². The molecule has 0 bridgehead atoms. The van der Waals surface area contributed by atoms with Crippen molar-refractivity contribution in [1.82, 2.24) is 0 Å². The largest absolute Gasteiger partial charge is 0.402 e. The van der Waals surface area contributed by atoms with Crippen LogP contribution in [0.15, 0.2) is 30.3 Å². The SMILES string of the molecule is CCCCOC(COCC)(OCC)OC(=O)c1ccccc1. The molecule has 0 aliphatic carbocycles. The van der Waals surface area contributed by atoms with E-state index in [0.717, 1.165) is 12.8 Å². The number of ether oxygens (including phenoxy) is 4. The summed E-state index contributed by atoms with van der Waals surface area (Å²) in [6, 6.07) is 8.76. The predicted molar refractivity (Wildman–Crippen MR) is 83.6 cm³/mol. The number of hydrogen-bond donors (Lipinski definition) is 0. The van der Waals surface area contributed by atoms with E-state index in [0.29, 0.717) is 25.4 Å². The average Bonchev–Trinajstić information content (AvgIpc) is 2.54. The molecular weight excluding hydrogens is 284 g/mol. The zero-order valence-electron chi connectivity index (χ0n) is 13.7. The fraction of sp³-hybridized carbons (Fsp3) is 0.588. The smallest absolute Gasteiger partial charge is 0.354 e. The predicted octanol–water partition coefficient (Wildman–Crippen LogP) is 3.39. The van der Waals surface area contributed by atoms with Gasteiger partial charge in [-0.05, 0) is 32.4 Å². The van der Waals surface area contributed by atoms with Gasteiger partial charge in [0.2, 0.25) is 0 Å². The third kappa shape index (κ3) is 6.13. The van der Waals surface area contributed by atoms with Crippen molar-refractivity contribution in [3.05, 3.63) is 35.9 Å². The van der Waals surface area contributed by atoms with Crippen molar-refractivity contribution in [3.63, 3.8) is 0 Å². The summed E-state index contributed by atoms with van der Waals surface area (Å²) in [7, 11) is 0. The van der Waals surface area contributed by atoms with Gasteiger partial charge in [0.1, 0.15) is 6.61 Å². The summed E-state index contributed by atoms with van der Waals surface area (Å²) in [6.07, 6.45) is 1.83. The Balaban J connectivity index is 2.83. The van der Waals surface area contributed by atoms with Crippen molar-refractivity contribution in [2.75, 3.05) is 26.4 Å². The first-order valence-corrected chi connectivity index (χ1v) is 7.81. The molecule has 0 spiro atoms. The van der Waals surface area contributed by atoms with Crippen LogP contribution < -0.4 is 0 Å². The third-order valence-electron chi connectivity index (χ3n) is 2.92. The molecular formula is C17H26O5. The van der Waals surface area contributed by atoms with E-state index in [4.69, 9.17) is 18.9 Å². The Kier molecular flexibility index (Phi) is 8.74. The lowest BCUT2D eigenvalue weighted by Gasteiger charge is -2.32. The Hall–Kier alpha value is -1.43. The molecule has 0 aliphatic rings. The molecule has 0 aliphatic heterocycles. The number of benzene rings is 1. The molecule has 0 heterocycles. The van der Waals surface area contributed by atoms with E-state index in [-0.39, 0.29) is 6.61 Å². The van der Waals surface area contributed by atoms with Crippen molar-refractivity contribution in [3.8, 4) is 0 Å². The number of unbranched alkanes of at least 4 members (excludes halogenated alkanes) is 1. The van der Waals surface area contributed by atoms with Crippen molar-refractivity contribution < 1.29 is 23.7 Å². The van der Waals surface area contributed by atoms with Gasteiger partial charge in [-0.2, -0.15) is 0 Å². The number of rotatable bonds is 11. The quantitative estimate of drug-likeness (QED) is 0.356. The van der Waals surface area contributed by atoms with Gasteiger partial charge in [-0.3, -0.25) is 0 Å². The maximum Gasteiger partial charge on any atom is 0.354 e. The van der Waals surface area contributed by atoms with Crippen LogP contribution in [0, 0.1) is 0 Å². The lowest BCUT2D eigenvalue weighted by atomic mass is 10.2. The molecule has 0 N–H and O–H groups in total. The van der Waals surface area contributed by atoms with E-state index in [1.165, 1.54) is 0 Å². The molecule has 5 heteroatoms. The Morgan fingerprint density at radius 3 is 2.36 bits per heavy atom. The number of carbonyl (C=O) groups excluding carboxylic acids is 1. The summed E-state index contributed by atoms with van der Waals surface area (Å²) >= 11 is 0. The van der Waals surface area contributed by atoms with E-state index in [1.54, 1.807) is 24.3 Å². The van der Waals surface area contributed by atoms with Crippen molar-refractivity contribution >= 4 is 5.97 Å². The van der Waals surface area contributed by atoms with Gasteiger partial charge in [0.15, 0.2) is 0 Å². The summed E-state index contributed by atoms with van der Waals surface area (Å²) in [5.74, 6) is -1.99. The van der Waals surface area contributed by atoms with Crippen LogP contribution >= 0.6 is 0 Å². The Morgan fingerprint density at radius 2 is 1.77 bits per heavy atom. The van der Waals surface area contributed by atoms with Crippen LogP contribution in [0.3, 0.4) is 0 Å². The third-order valence-corrected chi connectivity index (χ3v) is 2.92. The molecule has 124 valence electrons. The highest BCUT2D eigenvalue weighted by molar-refractivity contribution is 5.89. The molecule has 0 fully saturated rings. The van der Waals surface area contributed by atoms with Gasteiger partial charge in [-0.1, -0.05) is 31.5 Å². The summed E-state index contributed by atoms with van der Waals surface area (Å²) in [5.41, 5.74) is 0.446. The molecule has 1 aromatic rings. The minimum absolute atomic E-state index is 0.0413. The second-order valence-corrected chi connectivity index (χ2v) is 4.71. The zero-order chi connectivity index (χ0) is 16.3. The van der Waals surface area contributed by atoms with Gasteiger partial charge >= 0.3 is 11.9 Å². The van der Waals surface area contributed by atoms with E-state index in [2.05, 4.69) is 6.92 Å². The van der Waals surface area contributed by atoms with Crippen LogP contribution in [0.25, 0.3) is 0 Å². The first-order chi connectivity index (χ1) is 10.7. The van der Waals surface area contributed by atoms with Crippen LogP contribution in [0.2, 0.25) is 0 Å². The maximum atomic E-state index is 12.3. The van der Waals surface area contributed by atoms with Gasteiger partial charge in [0.25, 0.3) is 0 Å². The van der Waals surface area contributed by atoms with Gasteiger partial charge < -0.3 is 18.9 Å². The fourth-order valence-electron chi connectivity index (χ4n) is 1.81. The molecule has 22 heavy (non-hydrogen) atoms. The van der Waals surface area contributed by atoms with Crippen LogP contribution in [0.1, 0.15) is 44.0 Å². The maximum absolute atomic E-state index is 12.3. The molecule has 0 saturated carbocycles. The van der Waals surface area contributed by atoms with Crippen LogP contribution in [-0.2, 0) is 18.9 Å². The van der Waals surface area contributed by atoms with Crippen molar-refractivity contribution in [2.24, 2.45) is 0 Å². The highest BCUT2D eigenvalue weighted by atomic mass is 16.9. The lowest BCUT2D eigenvalue weighted by molar-refractivity contribution is -0.370. The Bertz CT molecular complexity index is 420. The zero-order valence-corrected chi connectivity index (χ0v) is 13.7. The first kappa shape index (κ1) is 18.6. The molecule has 0 amide bonds. The van der Waals surface area contributed by atoms with E-state index >= 15 is 0 Å². The number of esters is 1. The highest BCUT2D eigenvalue weighted by Gasteiger charge is 2.37. The van der Waals surface area contributed by atoms with Gasteiger partial charge in [-0.15, -0.1) is 0 Å². The second kappa shape index (κ2) is 10.3. The summed E-state index contributed by atoms with van der Waals surface area (Å²) < 4.78 is 22.2. The normalized spacial score (nSPS) is 13.6. The molecule has 0 radical (unpaired) electrons. The molecule has 5 nitrogen and oxygen atoms in total. The molecule has 1 rings (SSSR count). The minimum Gasteiger partial charge on any atom is -0.402 e. The average molecular weight is 310 g/mol. The van der Waals surface area contributed by atoms with E-state index in [1.807, 2.05) is 19.9 Å². The molecule has 0 saturated heterocycles. The molecule has 1 unspecified atom stereocenters. The number of hydrogen-bond acceptors (Lipinski definition) is 5. The Labute approximate surface area is 132 Å². The monoisotopic (exact) mass is 310 g/mol. The summed E-state index contributed by atoms with van der Waals surface area (Å²) in [4.78, 5) is 12.3. The second-order valence-electron chi connectivity index (χ2n) is 4.71. The van der Waals surface area contributed by atoms with Gasteiger partial charge in [0.05, 0.1) is 18.8 Å². The Morgan fingerprint density at radius 1 is 1.05 bits per heavy atom. The van der Waals surface area contributed by atoms with Crippen LogP contribution in [-0.4, -0.2) is 38.4 Å². The van der Waals surface area contributed by atoms with Gasteiger partial charge in [-0.25, -0.2) is 4.79 Å². The number of carbonyl (C=O) groups is 1.